The number of phenols is 1. The number of nitrogens with one attached hydrogen (secondary N) is 6. The number of carbonyl (C=O) groups is 10. The minimum Gasteiger partial charge on any atom is -0.508 e. The number of carboxylic acids is 2. The van der Waals surface area contributed by atoms with Gasteiger partial charge in [0.25, 0.3) is 0 Å². The number of amides is 8. The third-order valence-electron chi connectivity index (χ3n) is 10.4. The molecule has 1 aliphatic heterocycles. The van der Waals surface area contributed by atoms with Crippen LogP contribution in [-0.4, -0.2) is 170 Å². The quantitative estimate of drug-likeness (QED) is 0.0211. The second-order valence-corrected chi connectivity index (χ2v) is 16.6. The number of aliphatic carboxylic acids is 2. The molecule has 1 fully saturated rings. The minimum absolute atomic E-state index is 0.0188. The van der Waals surface area contributed by atoms with E-state index in [9.17, 15) is 73.5 Å². The van der Waals surface area contributed by atoms with E-state index >= 15 is 0 Å². The molecule has 0 aromatic heterocycles. The maximum atomic E-state index is 13.9. The van der Waals surface area contributed by atoms with Gasteiger partial charge in [-0.15, -0.1) is 0 Å². The third-order valence-corrected chi connectivity index (χ3v) is 10.4. The molecule has 0 bridgehead atoms. The number of primary amides is 1. The first-order valence-electron chi connectivity index (χ1n) is 21.6. The van der Waals surface area contributed by atoms with Crippen molar-refractivity contribution in [2.75, 3.05) is 19.7 Å². The van der Waals surface area contributed by atoms with Gasteiger partial charge in [0, 0.05) is 19.5 Å². The number of likely N-dealkylation sites (tertiary alicyclic amines) is 1. The summed E-state index contributed by atoms with van der Waals surface area (Å²) in [4.78, 5) is 134. The van der Waals surface area contributed by atoms with Crippen LogP contribution in [0.4, 0.5) is 0 Å². The van der Waals surface area contributed by atoms with Crippen molar-refractivity contribution in [3.8, 4) is 5.75 Å². The van der Waals surface area contributed by atoms with Crippen molar-refractivity contribution in [3.05, 3.63) is 29.8 Å². The van der Waals surface area contributed by atoms with Gasteiger partial charge in [0.2, 0.25) is 47.3 Å². The number of carbonyl (C=O) groups excluding carboxylic acids is 8. The molecule has 0 unspecified atom stereocenters. The number of rotatable bonds is 28. The van der Waals surface area contributed by atoms with Crippen LogP contribution in [0.1, 0.15) is 71.3 Å². The Morgan fingerprint density at radius 2 is 1.32 bits per heavy atom. The van der Waals surface area contributed by atoms with Crippen molar-refractivity contribution >= 4 is 65.2 Å². The van der Waals surface area contributed by atoms with Gasteiger partial charge in [0.15, 0.2) is 5.96 Å². The monoisotopic (exact) mass is 964 g/mol. The second kappa shape index (κ2) is 27.5. The average Bonchev–Trinajstić information content (AvgIpc) is 3.75. The molecule has 1 aromatic carbocycles. The number of aliphatic hydroxyl groups is 2. The molecule has 0 saturated carbocycles. The number of phenolic OH excluding ortho intramolecular Hbond substituents is 1. The Bertz CT molecular complexity index is 2000. The van der Waals surface area contributed by atoms with Crippen LogP contribution in [0.15, 0.2) is 29.3 Å². The molecule has 1 aromatic rings. The zero-order chi connectivity index (χ0) is 51.4. The number of aliphatic imine (C=N–C) groups is 1. The fraction of sp³-hybridized carbons (Fsp3) is 0.585. The molecule has 2 rings (SSSR count). The molecular weight excluding hydrogens is 901 g/mol. The second-order valence-electron chi connectivity index (χ2n) is 16.6. The summed E-state index contributed by atoms with van der Waals surface area (Å²) >= 11 is 0. The summed E-state index contributed by atoms with van der Waals surface area (Å²) in [7, 11) is 0. The van der Waals surface area contributed by atoms with Crippen molar-refractivity contribution in [1.82, 2.24) is 36.8 Å². The van der Waals surface area contributed by atoms with E-state index in [1.54, 1.807) is 13.8 Å². The lowest BCUT2D eigenvalue weighted by molar-refractivity contribution is -0.144. The highest BCUT2D eigenvalue weighted by molar-refractivity contribution is 5.99. The molecule has 8 amide bonds. The molecule has 0 spiro atoms. The van der Waals surface area contributed by atoms with Crippen LogP contribution < -0.4 is 54.8 Å². The van der Waals surface area contributed by atoms with E-state index in [1.165, 1.54) is 24.3 Å². The summed E-state index contributed by atoms with van der Waals surface area (Å²) in [5, 5.41) is 63.4. The molecule has 1 aliphatic rings. The highest BCUT2D eigenvalue weighted by Crippen LogP contribution is 2.20. The van der Waals surface area contributed by atoms with Gasteiger partial charge in [-0.05, 0) is 62.6 Å². The highest BCUT2D eigenvalue weighted by Gasteiger charge is 2.41. The molecular formula is C41H64N12O15. The Kier molecular flexibility index (Phi) is 23.0. The standard InChI is InChI=1S/C41H64N12O15/c1-19(2)14-25(35(62)47-24(6-4-12-46-41(44)45)34(61)50-27(40(67)68)15-21-8-10-22(56)11-9-21)48-37(64)29-7-5-13-53(29)39(66)28(18-54)51-36(63)26(17-31(58)59)49-38(65)32(20(3)55)52-33(60)23(42)16-30(43)57/h8-11,19-20,23-29,32,54-56H,4-7,12-18,42H2,1-3H3,(H2,43,57)(H,47,62)(H,48,64)(H,49,65)(H,50,61)(H,51,63)(H,52,60)(H,58,59)(H,67,68)(H4,44,45,46)/t20-,23+,24+,25+,26+,27+,28+,29+,32+/m1/s1. The van der Waals surface area contributed by atoms with Crippen molar-refractivity contribution in [1.29, 1.82) is 0 Å². The predicted molar refractivity (Wildman–Crippen MR) is 238 cm³/mol. The van der Waals surface area contributed by atoms with E-state index in [0.717, 1.165) is 11.8 Å². The van der Waals surface area contributed by atoms with Crippen LogP contribution in [0, 0.1) is 5.92 Å². The highest BCUT2D eigenvalue weighted by atomic mass is 16.4. The van der Waals surface area contributed by atoms with Crippen LogP contribution in [0.5, 0.6) is 5.75 Å². The van der Waals surface area contributed by atoms with Gasteiger partial charge >= 0.3 is 11.9 Å². The van der Waals surface area contributed by atoms with E-state index in [2.05, 4.69) is 36.9 Å². The van der Waals surface area contributed by atoms with Crippen LogP contribution in [0.2, 0.25) is 0 Å². The van der Waals surface area contributed by atoms with E-state index in [0.29, 0.717) is 5.56 Å². The van der Waals surface area contributed by atoms with Crippen LogP contribution in [0.25, 0.3) is 0 Å². The van der Waals surface area contributed by atoms with E-state index in [1.807, 2.05) is 0 Å². The normalized spacial score (nSPS) is 16.8. The first-order chi connectivity index (χ1) is 31.8. The van der Waals surface area contributed by atoms with E-state index in [4.69, 9.17) is 22.9 Å². The zero-order valence-electron chi connectivity index (χ0n) is 37.9. The number of hydrogen-bond acceptors (Lipinski definition) is 15. The van der Waals surface area contributed by atoms with Crippen LogP contribution in [0.3, 0.4) is 0 Å². The first-order valence-corrected chi connectivity index (χ1v) is 21.6. The van der Waals surface area contributed by atoms with Gasteiger partial charge < -0.3 is 85.3 Å². The lowest BCUT2D eigenvalue weighted by atomic mass is 10.0. The Morgan fingerprint density at radius 1 is 0.750 bits per heavy atom. The number of nitrogens with zero attached hydrogens (tertiary/aromatic N) is 2. The van der Waals surface area contributed by atoms with Gasteiger partial charge in [-0.1, -0.05) is 26.0 Å². The Hall–Kier alpha value is -7.13. The van der Waals surface area contributed by atoms with Crippen molar-refractivity contribution < 1.29 is 73.5 Å². The van der Waals surface area contributed by atoms with E-state index < -0.39 is 133 Å². The number of nitrogens with two attached hydrogens (primary N) is 4. The van der Waals surface area contributed by atoms with Gasteiger partial charge in [-0.2, -0.15) is 0 Å². The first kappa shape index (κ1) is 57.0. The van der Waals surface area contributed by atoms with Gasteiger partial charge in [0.1, 0.15) is 48.0 Å². The van der Waals surface area contributed by atoms with Crippen molar-refractivity contribution in [2.24, 2.45) is 33.8 Å². The molecule has 0 radical (unpaired) electrons. The summed E-state index contributed by atoms with van der Waals surface area (Å²) < 4.78 is 0. The number of hydrogen-bond donors (Lipinski definition) is 15. The topological polar surface area (TPSA) is 464 Å². The lowest BCUT2D eigenvalue weighted by Crippen LogP contribution is -2.61. The van der Waals surface area contributed by atoms with Crippen molar-refractivity contribution in [2.45, 2.75) is 127 Å². The maximum absolute atomic E-state index is 13.9. The van der Waals surface area contributed by atoms with Gasteiger partial charge in [-0.3, -0.25) is 48.1 Å². The van der Waals surface area contributed by atoms with Gasteiger partial charge in [0.05, 0.1) is 31.6 Å². The van der Waals surface area contributed by atoms with E-state index in [-0.39, 0.29) is 69.2 Å². The molecule has 27 nitrogen and oxygen atoms in total. The smallest absolute Gasteiger partial charge is 0.326 e. The Balaban J connectivity index is 2.28. The molecule has 1 saturated heterocycles. The number of benzene rings is 1. The zero-order valence-corrected chi connectivity index (χ0v) is 37.9. The average molecular weight is 965 g/mol. The Morgan fingerprint density at radius 3 is 1.87 bits per heavy atom. The molecule has 1 heterocycles. The van der Waals surface area contributed by atoms with Crippen molar-refractivity contribution in [3.63, 3.8) is 0 Å². The minimum atomic E-state index is -1.96. The number of guanidine groups is 1. The molecule has 68 heavy (non-hydrogen) atoms. The molecule has 9 atom stereocenters. The number of carboxylic acid groups (broad SMARTS) is 2. The lowest BCUT2D eigenvalue weighted by Gasteiger charge is -2.31. The molecule has 27 heteroatoms. The summed E-state index contributed by atoms with van der Waals surface area (Å²) in [5.74, 6) is -11.7. The summed E-state index contributed by atoms with van der Waals surface area (Å²) in [6.07, 6.45) is -3.14. The summed E-state index contributed by atoms with van der Waals surface area (Å²) in [6.45, 7) is 3.47. The number of aromatic hydroxyl groups is 1. The summed E-state index contributed by atoms with van der Waals surface area (Å²) in [5.41, 5.74) is 22.0. The van der Waals surface area contributed by atoms with Crippen LogP contribution >= 0.6 is 0 Å². The fourth-order valence-electron chi connectivity index (χ4n) is 6.94. The number of aliphatic hydroxyl groups excluding tert-OH is 2. The molecule has 378 valence electrons. The predicted octanol–water partition coefficient (Wildman–Crippen LogP) is -5.93. The SMILES string of the molecule is CC(C)C[C@H](NC(=O)[C@@H]1CCCN1C(=O)[C@H](CO)NC(=O)[C@H](CC(=O)O)NC(=O)[C@@H](NC(=O)[C@@H](N)CC(N)=O)[C@@H](C)O)C(=O)N[C@@H](CCCN=C(N)N)C(=O)N[C@@H](Cc1ccc(O)cc1)C(=O)O. The van der Waals surface area contributed by atoms with Gasteiger partial charge in [-0.25, -0.2) is 4.79 Å². The Labute approximate surface area is 390 Å². The maximum Gasteiger partial charge on any atom is 0.326 e. The summed E-state index contributed by atoms with van der Waals surface area (Å²) in [6, 6.07) is -6.88. The van der Waals surface area contributed by atoms with Crippen LogP contribution in [-0.2, 0) is 54.4 Å². The third kappa shape index (κ3) is 19.0. The fourth-order valence-corrected chi connectivity index (χ4v) is 6.94. The molecule has 19 N–H and O–H groups in total. The molecule has 0 aliphatic carbocycles. The largest absolute Gasteiger partial charge is 0.508 e.